The molecular formula is C14H19FN2O2. The number of carbonyl (C=O) groups is 1. The molecule has 2 rings (SSSR count). The van der Waals surface area contributed by atoms with Crippen LogP contribution >= 0.6 is 0 Å². The minimum atomic E-state index is -0.291. The number of aliphatic hydroxyl groups excluding tert-OH is 1. The highest BCUT2D eigenvalue weighted by atomic mass is 19.1. The first-order valence-corrected chi connectivity index (χ1v) is 6.42. The molecule has 0 unspecified atom stereocenters. The lowest BCUT2D eigenvalue weighted by Crippen LogP contribution is -2.39. The number of rotatable bonds is 5. The summed E-state index contributed by atoms with van der Waals surface area (Å²) in [4.78, 5) is 11.6. The number of nitrogens with one attached hydrogen (secondary N) is 2. The number of amides is 2. The Morgan fingerprint density at radius 2 is 2.16 bits per heavy atom. The summed E-state index contributed by atoms with van der Waals surface area (Å²) >= 11 is 0. The van der Waals surface area contributed by atoms with Gasteiger partial charge < -0.3 is 15.7 Å². The van der Waals surface area contributed by atoms with E-state index in [4.69, 9.17) is 5.11 Å². The number of carbonyl (C=O) groups excluding carboxylic acids is 1. The first kappa shape index (κ1) is 13.8. The lowest BCUT2D eigenvalue weighted by molar-refractivity contribution is 0.203. The maximum atomic E-state index is 13.3. The van der Waals surface area contributed by atoms with E-state index in [1.807, 2.05) is 0 Å². The molecule has 3 N–H and O–H groups in total. The topological polar surface area (TPSA) is 61.4 Å². The molecule has 1 aromatic carbocycles. The summed E-state index contributed by atoms with van der Waals surface area (Å²) in [5.74, 6) is -0.267. The van der Waals surface area contributed by atoms with Crippen molar-refractivity contribution < 1.29 is 14.3 Å². The van der Waals surface area contributed by atoms with Crippen molar-refractivity contribution in [1.29, 1.82) is 0 Å². The summed E-state index contributed by atoms with van der Waals surface area (Å²) in [6.07, 6.45) is 1.90. The number of halogens is 1. The summed E-state index contributed by atoms with van der Waals surface area (Å²) in [5, 5.41) is 14.5. The predicted octanol–water partition coefficient (Wildman–Crippen LogP) is 1.71. The Hall–Kier alpha value is -1.62. The van der Waals surface area contributed by atoms with Crippen LogP contribution in [0.2, 0.25) is 0 Å². The minimum absolute atomic E-state index is 0.104. The molecule has 5 heteroatoms. The molecule has 0 spiro atoms. The number of urea groups is 1. The van der Waals surface area contributed by atoms with E-state index < -0.39 is 0 Å². The Morgan fingerprint density at radius 3 is 2.74 bits per heavy atom. The normalized spacial score (nSPS) is 15.9. The molecule has 0 bridgehead atoms. The van der Waals surface area contributed by atoms with Crippen LogP contribution < -0.4 is 10.6 Å². The Balaban J connectivity index is 1.75. The maximum absolute atomic E-state index is 13.3. The Morgan fingerprint density at radius 1 is 1.42 bits per heavy atom. The van der Waals surface area contributed by atoms with Gasteiger partial charge in [0.25, 0.3) is 0 Å². The molecule has 1 saturated carbocycles. The predicted molar refractivity (Wildman–Crippen MR) is 70.1 cm³/mol. The third kappa shape index (κ3) is 3.67. The van der Waals surface area contributed by atoms with Gasteiger partial charge in [-0.15, -0.1) is 0 Å². The summed E-state index contributed by atoms with van der Waals surface area (Å²) < 4.78 is 13.3. The Kier molecular flexibility index (Phi) is 4.04. The summed E-state index contributed by atoms with van der Waals surface area (Å²) in [6.45, 7) is 2.58. The summed E-state index contributed by atoms with van der Waals surface area (Å²) in [5.41, 5.74) is 1.21. The number of hydrogen-bond acceptors (Lipinski definition) is 2. The average molecular weight is 266 g/mol. The van der Waals surface area contributed by atoms with Crippen LogP contribution in [0.5, 0.6) is 0 Å². The first-order chi connectivity index (χ1) is 9.04. The molecule has 1 aliphatic rings. The van der Waals surface area contributed by atoms with Crippen molar-refractivity contribution in [3.05, 3.63) is 35.1 Å². The van der Waals surface area contributed by atoms with Crippen molar-refractivity contribution in [3.63, 3.8) is 0 Å². The molecular weight excluding hydrogens is 247 g/mol. The van der Waals surface area contributed by atoms with Crippen molar-refractivity contribution in [2.24, 2.45) is 5.41 Å². The molecule has 0 heterocycles. The zero-order valence-corrected chi connectivity index (χ0v) is 11.0. The van der Waals surface area contributed by atoms with E-state index >= 15 is 0 Å². The average Bonchev–Trinajstić information content (AvgIpc) is 3.18. The van der Waals surface area contributed by atoms with E-state index in [0.717, 1.165) is 18.4 Å². The van der Waals surface area contributed by atoms with Crippen molar-refractivity contribution in [3.8, 4) is 0 Å². The van der Waals surface area contributed by atoms with E-state index in [9.17, 15) is 9.18 Å². The van der Waals surface area contributed by atoms with Gasteiger partial charge in [-0.1, -0.05) is 12.1 Å². The van der Waals surface area contributed by atoms with E-state index in [1.165, 1.54) is 6.07 Å². The standard InChI is InChI=1S/C14H19FN2O2/c1-10-2-3-11(6-12(10)15)7-16-13(19)17-8-14(9-18)4-5-14/h2-3,6,18H,4-5,7-9H2,1H3,(H2,16,17,19). The van der Waals surface area contributed by atoms with Crippen LogP contribution in [0.3, 0.4) is 0 Å². The molecule has 0 atom stereocenters. The number of hydrogen-bond donors (Lipinski definition) is 3. The van der Waals surface area contributed by atoms with E-state index in [1.54, 1.807) is 19.1 Å². The van der Waals surface area contributed by atoms with Gasteiger partial charge in [0, 0.05) is 18.5 Å². The molecule has 0 aromatic heterocycles. The van der Waals surface area contributed by atoms with Gasteiger partial charge in [-0.05, 0) is 37.0 Å². The van der Waals surface area contributed by atoms with Crippen LogP contribution in [0, 0.1) is 18.2 Å². The number of aliphatic hydroxyl groups is 1. The van der Waals surface area contributed by atoms with E-state index in [-0.39, 0.29) is 30.4 Å². The Bertz CT molecular complexity index is 473. The van der Waals surface area contributed by atoms with Gasteiger partial charge in [0.05, 0.1) is 6.61 Å². The van der Waals surface area contributed by atoms with Gasteiger partial charge in [0.2, 0.25) is 0 Å². The van der Waals surface area contributed by atoms with Crippen LogP contribution in [-0.2, 0) is 6.54 Å². The minimum Gasteiger partial charge on any atom is -0.396 e. The largest absolute Gasteiger partial charge is 0.396 e. The molecule has 104 valence electrons. The summed E-state index contributed by atoms with van der Waals surface area (Å²) in [6, 6.07) is 4.61. The van der Waals surface area contributed by atoms with Gasteiger partial charge in [-0.25, -0.2) is 9.18 Å². The molecule has 1 aromatic rings. The van der Waals surface area contributed by atoms with Crippen LogP contribution in [-0.4, -0.2) is 24.3 Å². The molecule has 0 saturated heterocycles. The van der Waals surface area contributed by atoms with Gasteiger partial charge >= 0.3 is 6.03 Å². The highest BCUT2D eigenvalue weighted by Gasteiger charge is 2.42. The fourth-order valence-corrected chi connectivity index (χ4v) is 1.83. The smallest absolute Gasteiger partial charge is 0.315 e. The van der Waals surface area contributed by atoms with E-state index in [2.05, 4.69) is 10.6 Å². The van der Waals surface area contributed by atoms with Crippen LogP contribution in [0.25, 0.3) is 0 Å². The fraction of sp³-hybridized carbons (Fsp3) is 0.500. The second-order valence-electron chi connectivity index (χ2n) is 5.28. The van der Waals surface area contributed by atoms with Crippen LogP contribution in [0.15, 0.2) is 18.2 Å². The van der Waals surface area contributed by atoms with Gasteiger partial charge in [0.15, 0.2) is 0 Å². The Labute approximate surface area is 112 Å². The fourth-order valence-electron chi connectivity index (χ4n) is 1.83. The molecule has 0 aliphatic heterocycles. The molecule has 19 heavy (non-hydrogen) atoms. The van der Waals surface area contributed by atoms with E-state index in [0.29, 0.717) is 12.1 Å². The molecule has 0 radical (unpaired) electrons. The first-order valence-electron chi connectivity index (χ1n) is 6.42. The van der Waals surface area contributed by atoms with Crippen molar-refractivity contribution in [2.45, 2.75) is 26.3 Å². The molecule has 2 amide bonds. The monoisotopic (exact) mass is 266 g/mol. The van der Waals surface area contributed by atoms with Crippen LogP contribution in [0.1, 0.15) is 24.0 Å². The zero-order chi connectivity index (χ0) is 13.9. The lowest BCUT2D eigenvalue weighted by Gasteiger charge is -2.13. The molecule has 4 nitrogen and oxygen atoms in total. The molecule has 1 aliphatic carbocycles. The summed E-state index contributed by atoms with van der Waals surface area (Å²) in [7, 11) is 0. The third-order valence-electron chi connectivity index (χ3n) is 3.61. The second-order valence-corrected chi connectivity index (χ2v) is 5.28. The second kappa shape index (κ2) is 5.57. The highest BCUT2D eigenvalue weighted by molar-refractivity contribution is 5.73. The SMILES string of the molecule is Cc1ccc(CNC(=O)NCC2(CO)CC2)cc1F. The third-order valence-corrected chi connectivity index (χ3v) is 3.61. The highest BCUT2D eigenvalue weighted by Crippen LogP contribution is 2.44. The zero-order valence-electron chi connectivity index (χ0n) is 11.0. The quantitative estimate of drug-likeness (QED) is 0.759. The lowest BCUT2D eigenvalue weighted by atomic mass is 10.1. The molecule has 1 fully saturated rings. The van der Waals surface area contributed by atoms with Crippen LogP contribution in [0.4, 0.5) is 9.18 Å². The number of aryl methyl sites for hydroxylation is 1. The van der Waals surface area contributed by atoms with Crippen molar-refractivity contribution >= 4 is 6.03 Å². The van der Waals surface area contributed by atoms with Gasteiger partial charge in [0.1, 0.15) is 5.82 Å². The van der Waals surface area contributed by atoms with Crippen molar-refractivity contribution in [2.75, 3.05) is 13.2 Å². The van der Waals surface area contributed by atoms with Gasteiger partial charge in [-0.2, -0.15) is 0 Å². The number of benzene rings is 1. The van der Waals surface area contributed by atoms with Gasteiger partial charge in [-0.3, -0.25) is 0 Å². The maximum Gasteiger partial charge on any atom is 0.315 e. The van der Waals surface area contributed by atoms with Crippen molar-refractivity contribution in [1.82, 2.24) is 10.6 Å².